The molecule has 2 aliphatic carbocycles. The Morgan fingerprint density at radius 1 is 1.35 bits per heavy atom. The maximum absolute atomic E-state index is 13.9. The van der Waals surface area contributed by atoms with Crippen molar-refractivity contribution in [3.05, 3.63) is 34.1 Å². The lowest BCUT2D eigenvalue weighted by Gasteiger charge is -2.26. The molecule has 2 aliphatic rings. The Morgan fingerprint density at radius 3 is 2.80 bits per heavy atom. The highest BCUT2D eigenvalue weighted by Gasteiger charge is 2.40. The van der Waals surface area contributed by atoms with Crippen LogP contribution in [0, 0.1) is 23.6 Å². The summed E-state index contributed by atoms with van der Waals surface area (Å²) in [5.74, 6) is 8.18. The van der Waals surface area contributed by atoms with E-state index in [4.69, 9.17) is 5.84 Å². The van der Waals surface area contributed by atoms with Crippen LogP contribution < -0.4 is 11.3 Å². The fourth-order valence-corrected chi connectivity index (χ4v) is 4.53. The van der Waals surface area contributed by atoms with E-state index in [0.717, 1.165) is 34.2 Å². The first-order valence-electron chi connectivity index (χ1n) is 7.55. The zero-order valence-corrected chi connectivity index (χ0v) is 13.2. The van der Waals surface area contributed by atoms with E-state index in [9.17, 15) is 4.39 Å². The molecular weight excluding hydrogens is 319 g/mol. The van der Waals surface area contributed by atoms with Crippen LogP contribution in [0.3, 0.4) is 0 Å². The van der Waals surface area contributed by atoms with Crippen molar-refractivity contribution in [3.63, 3.8) is 0 Å². The molecule has 2 nitrogen and oxygen atoms in total. The molecule has 3 rings (SSSR count). The molecule has 110 valence electrons. The molecule has 20 heavy (non-hydrogen) atoms. The number of rotatable bonds is 5. The SMILES string of the molecule is NNC(Cc1ccc(Br)cc1F)CC1CC2CCC1C2. The molecule has 4 atom stereocenters. The summed E-state index contributed by atoms with van der Waals surface area (Å²) in [6.07, 6.45) is 7.32. The summed E-state index contributed by atoms with van der Waals surface area (Å²) in [6, 6.07) is 5.45. The summed E-state index contributed by atoms with van der Waals surface area (Å²) in [5.41, 5.74) is 3.65. The van der Waals surface area contributed by atoms with Gasteiger partial charge in [-0.2, -0.15) is 0 Å². The number of hydrogen-bond donors (Lipinski definition) is 2. The number of halogens is 2. The van der Waals surface area contributed by atoms with Crippen LogP contribution >= 0.6 is 15.9 Å². The van der Waals surface area contributed by atoms with Crippen LogP contribution in [0.2, 0.25) is 0 Å². The molecule has 2 saturated carbocycles. The van der Waals surface area contributed by atoms with Crippen LogP contribution in [0.4, 0.5) is 4.39 Å². The van der Waals surface area contributed by atoms with Crippen molar-refractivity contribution < 1.29 is 4.39 Å². The lowest BCUT2D eigenvalue weighted by atomic mass is 9.83. The third-order valence-electron chi connectivity index (χ3n) is 5.19. The Bertz CT molecular complexity index is 480. The number of fused-ring (bicyclic) bond motifs is 2. The van der Waals surface area contributed by atoms with Crippen LogP contribution in [0.1, 0.15) is 37.7 Å². The highest BCUT2D eigenvalue weighted by atomic mass is 79.9. The summed E-state index contributed by atoms with van der Waals surface area (Å²) in [4.78, 5) is 0. The van der Waals surface area contributed by atoms with Gasteiger partial charge in [-0.25, -0.2) is 4.39 Å². The van der Waals surface area contributed by atoms with Crippen molar-refractivity contribution in [2.45, 2.75) is 44.6 Å². The van der Waals surface area contributed by atoms with Gasteiger partial charge in [0, 0.05) is 10.5 Å². The van der Waals surface area contributed by atoms with Gasteiger partial charge in [-0.3, -0.25) is 11.3 Å². The Labute approximate surface area is 128 Å². The van der Waals surface area contributed by atoms with Gasteiger partial charge >= 0.3 is 0 Å². The first-order valence-corrected chi connectivity index (χ1v) is 8.35. The minimum Gasteiger partial charge on any atom is -0.271 e. The van der Waals surface area contributed by atoms with Crippen molar-refractivity contribution in [1.29, 1.82) is 0 Å². The third-order valence-corrected chi connectivity index (χ3v) is 5.68. The molecule has 0 spiro atoms. The fourth-order valence-electron chi connectivity index (χ4n) is 4.19. The summed E-state index contributed by atoms with van der Waals surface area (Å²) < 4.78 is 14.7. The quantitative estimate of drug-likeness (QED) is 0.632. The average molecular weight is 341 g/mol. The molecule has 0 saturated heterocycles. The molecular formula is C16H22BrFN2. The molecule has 0 aromatic heterocycles. The average Bonchev–Trinajstić information content (AvgIpc) is 3.03. The molecule has 2 bridgehead atoms. The molecule has 2 fully saturated rings. The van der Waals surface area contributed by atoms with E-state index in [2.05, 4.69) is 21.4 Å². The van der Waals surface area contributed by atoms with Gasteiger partial charge in [0.1, 0.15) is 5.82 Å². The maximum Gasteiger partial charge on any atom is 0.127 e. The summed E-state index contributed by atoms with van der Waals surface area (Å²) in [6.45, 7) is 0. The number of benzene rings is 1. The predicted molar refractivity (Wildman–Crippen MR) is 82.5 cm³/mol. The fraction of sp³-hybridized carbons (Fsp3) is 0.625. The number of nitrogens with two attached hydrogens (primary N) is 1. The van der Waals surface area contributed by atoms with Crippen LogP contribution in [0.15, 0.2) is 22.7 Å². The van der Waals surface area contributed by atoms with E-state index in [-0.39, 0.29) is 11.9 Å². The van der Waals surface area contributed by atoms with Crippen molar-refractivity contribution in [3.8, 4) is 0 Å². The molecule has 1 aromatic rings. The van der Waals surface area contributed by atoms with Gasteiger partial charge in [0.15, 0.2) is 0 Å². The lowest BCUT2D eigenvalue weighted by molar-refractivity contribution is 0.276. The Morgan fingerprint density at radius 2 is 2.20 bits per heavy atom. The number of hydrazine groups is 1. The highest BCUT2D eigenvalue weighted by molar-refractivity contribution is 9.10. The van der Waals surface area contributed by atoms with E-state index in [1.807, 2.05) is 12.1 Å². The normalized spacial score (nSPS) is 29.9. The number of nitrogens with one attached hydrogen (secondary N) is 1. The maximum atomic E-state index is 13.9. The number of hydrogen-bond acceptors (Lipinski definition) is 2. The van der Waals surface area contributed by atoms with Gasteiger partial charge in [-0.15, -0.1) is 0 Å². The van der Waals surface area contributed by atoms with Gasteiger partial charge in [-0.1, -0.05) is 28.4 Å². The van der Waals surface area contributed by atoms with Crippen LogP contribution in [0.5, 0.6) is 0 Å². The van der Waals surface area contributed by atoms with Gasteiger partial charge in [0.25, 0.3) is 0 Å². The summed E-state index contributed by atoms with van der Waals surface area (Å²) in [7, 11) is 0. The van der Waals surface area contributed by atoms with E-state index >= 15 is 0 Å². The van der Waals surface area contributed by atoms with Crippen molar-refractivity contribution in [2.24, 2.45) is 23.6 Å². The van der Waals surface area contributed by atoms with Gasteiger partial charge in [-0.05, 0) is 67.6 Å². The van der Waals surface area contributed by atoms with E-state index < -0.39 is 0 Å². The molecule has 0 radical (unpaired) electrons. The standard InChI is InChI=1S/C16H22BrFN2/c17-14-4-3-12(16(18)9-14)7-15(20-19)8-13-6-10-1-2-11(13)5-10/h3-4,9-11,13,15,20H,1-2,5-8,19H2. The van der Waals surface area contributed by atoms with E-state index in [1.165, 1.54) is 31.7 Å². The smallest absolute Gasteiger partial charge is 0.127 e. The largest absolute Gasteiger partial charge is 0.271 e. The first-order chi connectivity index (χ1) is 9.65. The molecule has 0 aliphatic heterocycles. The van der Waals surface area contributed by atoms with E-state index in [0.29, 0.717) is 6.42 Å². The van der Waals surface area contributed by atoms with Crippen molar-refractivity contribution >= 4 is 15.9 Å². The first kappa shape index (κ1) is 14.5. The van der Waals surface area contributed by atoms with Gasteiger partial charge < -0.3 is 0 Å². The predicted octanol–water partition coefficient (Wildman–Crippen LogP) is 3.79. The zero-order chi connectivity index (χ0) is 14.1. The van der Waals surface area contributed by atoms with E-state index in [1.54, 1.807) is 0 Å². The van der Waals surface area contributed by atoms with Crippen molar-refractivity contribution in [1.82, 2.24) is 5.43 Å². The Kier molecular flexibility index (Phi) is 4.43. The lowest BCUT2D eigenvalue weighted by Crippen LogP contribution is -2.39. The zero-order valence-electron chi connectivity index (χ0n) is 11.6. The molecule has 0 heterocycles. The third kappa shape index (κ3) is 3.07. The van der Waals surface area contributed by atoms with Crippen LogP contribution in [0.25, 0.3) is 0 Å². The summed E-state index contributed by atoms with van der Waals surface area (Å²) >= 11 is 3.29. The van der Waals surface area contributed by atoms with Crippen LogP contribution in [-0.4, -0.2) is 6.04 Å². The Balaban J connectivity index is 1.62. The minimum atomic E-state index is -0.146. The van der Waals surface area contributed by atoms with Gasteiger partial charge in [0.05, 0.1) is 0 Å². The van der Waals surface area contributed by atoms with Gasteiger partial charge in [0.2, 0.25) is 0 Å². The molecule has 3 N–H and O–H groups in total. The second-order valence-corrected chi connectivity index (χ2v) is 7.39. The van der Waals surface area contributed by atoms with Crippen LogP contribution in [-0.2, 0) is 6.42 Å². The minimum absolute atomic E-state index is 0.146. The van der Waals surface area contributed by atoms with Crippen molar-refractivity contribution in [2.75, 3.05) is 0 Å². The molecule has 1 aromatic carbocycles. The molecule has 4 heteroatoms. The Hall–Kier alpha value is -0.450. The molecule has 4 unspecified atom stereocenters. The monoisotopic (exact) mass is 340 g/mol. The summed E-state index contributed by atoms with van der Waals surface area (Å²) in [5, 5.41) is 0. The topological polar surface area (TPSA) is 38.0 Å². The second-order valence-electron chi connectivity index (χ2n) is 6.47. The highest BCUT2D eigenvalue weighted by Crippen LogP contribution is 2.49. The molecule has 0 amide bonds. The second kappa shape index (κ2) is 6.12.